The first-order chi connectivity index (χ1) is 27.5. The normalized spacial score (nSPS) is 14.3. The van der Waals surface area contributed by atoms with E-state index in [4.69, 9.17) is 0 Å². The van der Waals surface area contributed by atoms with Crippen LogP contribution in [0.1, 0.15) is 95.2 Å². The zero-order valence-corrected chi connectivity index (χ0v) is 32.6. The third kappa shape index (κ3) is 4.78. The molecule has 0 unspecified atom stereocenters. The predicted molar refractivity (Wildman–Crippen MR) is 235 cm³/mol. The topological polar surface area (TPSA) is 0 Å². The van der Waals surface area contributed by atoms with Crippen molar-refractivity contribution in [2.45, 2.75) is 50.4 Å². The number of hydrogen-bond acceptors (Lipinski definition) is 0. The van der Waals surface area contributed by atoms with E-state index in [-0.39, 0.29) is 10.8 Å². The van der Waals surface area contributed by atoms with Gasteiger partial charge in [0.1, 0.15) is 0 Å². The zero-order valence-electron chi connectivity index (χ0n) is 32.6. The Bertz CT molecular complexity index is 2540. The minimum Gasteiger partial charge on any atom is -0.0622 e. The third-order valence-electron chi connectivity index (χ3n) is 12.8. The second-order valence-electron chi connectivity index (χ2n) is 16.3. The Hall–Kier alpha value is -6.24. The Morgan fingerprint density at radius 1 is 0.268 bits per heavy atom. The van der Waals surface area contributed by atoms with Gasteiger partial charge < -0.3 is 0 Å². The Kier molecular flexibility index (Phi) is 8.08. The van der Waals surface area contributed by atoms with Gasteiger partial charge in [0.2, 0.25) is 0 Å². The van der Waals surface area contributed by atoms with Crippen molar-refractivity contribution in [1.29, 1.82) is 0 Å². The molecule has 0 fully saturated rings. The van der Waals surface area contributed by atoms with Gasteiger partial charge in [-0.05, 0) is 101 Å². The van der Waals surface area contributed by atoms with Gasteiger partial charge in [0.15, 0.2) is 0 Å². The average Bonchev–Trinajstić information content (AvgIpc) is 3.84. The summed E-state index contributed by atoms with van der Waals surface area (Å²) in [4.78, 5) is 0. The summed E-state index contributed by atoms with van der Waals surface area (Å²) in [6.45, 7) is 9.12. The summed E-state index contributed by atoms with van der Waals surface area (Å²) in [5.41, 5.74) is 21.7. The number of fused-ring (bicyclic) bond motifs is 13. The molecule has 1 spiro atoms. The highest BCUT2D eigenvalue weighted by Crippen LogP contribution is 2.63. The van der Waals surface area contributed by atoms with Crippen molar-refractivity contribution in [3.63, 3.8) is 0 Å². The maximum Gasteiger partial charge on any atom is 0.0725 e. The number of benzene rings is 8. The summed E-state index contributed by atoms with van der Waals surface area (Å²) in [6, 6.07) is 72.1. The van der Waals surface area contributed by atoms with E-state index in [0.717, 1.165) is 0 Å². The Morgan fingerprint density at radius 3 is 0.911 bits per heavy atom. The first-order valence-corrected chi connectivity index (χ1v) is 20.2. The van der Waals surface area contributed by atoms with E-state index in [1.54, 1.807) is 0 Å². The van der Waals surface area contributed by atoms with Crippen LogP contribution in [-0.4, -0.2) is 0 Å². The molecule has 0 heterocycles. The lowest BCUT2D eigenvalue weighted by molar-refractivity contribution is 0.762. The van der Waals surface area contributed by atoms with Crippen LogP contribution in [0.2, 0.25) is 0 Å². The van der Waals surface area contributed by atoms with Gasteiger partial charge in [0.05, 0.1) is 10.8 Å². The number of hydrogen-bond donors (Lipinski definition) is 0. The average molecular weight is 719 g/mol. The van der Waals surface area contributed by atoms with Crippen LogP contribution in [0.25, 0.3) is 33.4 Å². The molecule has 0 N–H and O–H groups in total. The fourth-order valence-corrected chi connectivity index (χ4v) is 10.3. The smallest absolute Gasteiger partial charge is 0.0622 e. The van der Waals surface area contributed by atoms with Crippen molar-refractivity contribution in [3.05, 3.63) is 250 Å². The predicted octanol–water partition coefficient (Wildman–Crippen LogP) is 14.3. The van der Waals surface area contributed by atoms with Crippen LogP contribution in [0.5, 0.6) is 0 Å². The SMILES string of the molecule is CC(C)c1ccc2c(c1)C(c1ccccc1)(c1ccccc1)c1ccccc1-2.CC(C)c1ccc2c(c1)C1(c3ccccc3-c3ccccc31)c1ccccc1-2. The molecule has 0 saturated carbocycles. The van der Waals surface area contributed by atoms with Crippen molar-refractivity contribution in [1.82, 2.24) is 0 Å². The fraction of sp³-hybridized carbons (Fsp3) is 0.143. The standard InChI is InChI=1S/C28H22.C28H24/c1-18(2)19-15-16-23-22-11-5-8-14-26(22)28(27(23)17-19)24-12-6-3-9-20(24)21-10-4-7-13-25(21)28;1-20(2)21-17-18-25-24-15-9-10-16-26(24)28(27(25)19-21,22-11-5-3-6-12-22)23-13-7-4-8-14-23/h3-18H,1-2H3;3-20H,1-2H3. The van der Waals surface area contributed by atoms with Gasteiger partial charge in [-0.1, -0.05) is 222 Å². The highest BCUT2D eigenvalue weighted by molar-refractivity contribution is 5.95. The molecule has 11 rings (SSSR count). The molecule has 8 aromatic carbocycles. The van der Waals surface area contributed by atoms with Gasteiger partial charge in [-0.15, -0.1) is 0 Å². The van der Waals surface area contributed by atoms with Crippen molar-refractivity contribution < 1.29 is 0 Å². The maximum atomic E-state index is 2.47. The first kappa shape index (κ1) is 34.3. The van der Waals surface area contributed by atoms with Crippen LogP contribution in [0.3, 0.4) is 0 Å². The highest BCUT2D eigenvalue weighted by Gasteiger charge is 2.51. The van der Waals surface area contributed by atoms with E-state index in [2.05, 4.69) is 222 Å². The van der Waals surface area contributed by atoms with Crippen molar-refractivity contribution >= 4 is 0 Å². The molecule has 56 heavy (non-hydrogen) atoms. The molecule has 0 heteroatoms. The minimum absolute atomic E-state index is 0.204. The molecule has 270 valence electrons. The van der Waals surface area contributed by atoms with Crippen LogP contribution in [0, 0.1) is 0 Å². The Morgan fingerprint density at radius 2 is 0.554 bits per heavy atom. The van der Waals surface area contributed by atoms with Crippen LogP contribution < -0.4 is 0 Å². The molecule has 0 bridgehead atoms. The quantitative estimate of drug-likeness (QED) is 0.170. The van der Waals surface area contributed by atoms with E-state index in [9.17, 15) is 0 Å². The molecule has 0 saturated heterocycles. The highest BCUT2D eigenvalue weighted by atomic mass is 14.5. The monoisotopic (exact) mass is 718 g/mol. The van der Waals surface area contributed by atoms with Gasteiger partial charge in [-0.2, -0.15) is 0 Å². The first-order valence-electron chi connectivity index (χ1n) is 20.2. The second kappa shape index (κ2) is 13.2. The molecule has 0 aromatic heterocycles. The second-order valence-corrected chi connectivity index (χ2v) is 16.3. The molecule has 8 aromatic rings. The van der Waals surface area contributed by atoms with E-state index in [1.807, 2.05) is 0 Å². The molecule has 3 aliphatic rings. The molecule has 0 aliphatic heterocycles. The van der Waals surface area contributed by atoms with Crippen LogP contribution in [0.4, 0.5) is 0 Å². The lowest BCUT2D eigenvalue weighted by atomic mass is 9.67. The van der Waals surface area contributed by atoms with Crippen LogP contribution in [0.15, 0.2) is 194 Å². The summed E-state index contributed by atoms with van der Waals surface area (Å²) in [5, 5.41) is 0. The molecule has 0 radical (unpaired) electrons. The maximum absolute atomic E-state index is 2.47. The van der Waals surface area contributed by atoms with Gasteiger partial charge in [0.25, 0.3) is 0 Å². The van der Waals surface area contributed by atoms with E-state index in [0.29, 0.717) is 11.8 Å². The summed E-state index contributed by atoms with van der Waals surface area (Å²) in [6.07, 6.45) is 0. The van der Waals surface area contributed by atoms with Crippen LogP contribution >= 0.6 is 0 Å². The molecule has 0 atom stereocenters. The Labute approximate surface area is 332 Å². The van der Waals surface area contributed by atoms with Crippen molar-refractivity contribution in [3.8, 4) is 33.4 Å². The van der Waals surface area contributed by atoms with E-state index >= 15 is 0 Å². The van der Waals surface area contributed by atoms with Crippen molar-refractivity contribution in [2.75, 3.05) is 0 Å². The third-order valence-corrected chi connectivity index (χ3v) is 12.8. The van der Waals surface area contributed by atoms with Gasteiger partial charge in [0, 0.05) is 0 Å². The lowest BCUT2D eigenvalue weighted by Crippen LogP contribution is -2.28. The Balaban J connectivity index is 0.000000137. The molecule has 0 amide bonds. The summed E-state index contributed by atoms with van der Waals surface area (Å²) >= 11 is 0. The molecular formula is C56H46. The zero-order chi connectivity index (χ0) is 38.0. The fourth-order valence-electron chi connectivity index (χ4n) is 10.3. The van der Waals surface area contributed by atoms with Gasteiger partial charge in [-0.25, -0.2) is 0 Å². The van der Waals surface area contributed by atoms with Crippen LogP contribution in [-0.2, 0) is 10.8 Å². The molecule has 0 nitrogen and oxygen atoms in total. The largest absolute Gasteiger partial charge is 0.0725 e. The van der Waals surface area contributed by atoms with E-state index < -0.39 is 0 Å². The summed E-state index contributed by atoms with van der Waals surface area (Å²) < 4.78 is 0. The summed E-state index contributed by atoms with van der Waals surface area (Å²) in [7, 11) is 0. The van der Waals surface area contributed by atoms with Gasteiger partial charge in [-0.3, -0.25) is 0 Å². The summed E-state index contributed by atoms with van der Waals surface area (Å²) in [5.74, 6) is 1.01. The lowest BCUT2D eigenvalue weighted by Gasteiger charge is -2.34. The number of rotatable bonds is 4. The minimum atomic E-state index is -0.278. The molecule has 3 aliphatic carbocycles. The van der Waals surface area contributed by atoms with Crippen molar-refractivity contribution in [2.24, 2.45) is 0 Å². The molecular weight excluding hydrogens is 673 g/mol. The van der Waals surface area contributed by atoms with Gasteiger partial charge >= 0.3 is 0 Å². The van der Waals surface area contributed by atoms with E-state index in [1.165, 1.54) is 89.0 Å².